The number of allylic oxidation sites excluding steroid dienone is 1. The Morgan fingerprint density at radius 2 is 2.13 bits per heavy atom. The largest absolute Gasteiger partial charge is 0.493 e. The first-order valence-electron chi connectivity index (χ1n) is 4.86. The first-order chi connectivity index (χ1) is 7.22. The lowest BCUT2D eigenvalue weighted by atomic mass is 10.2. The van der Waals surface area contributed by atoms with E-state index in [1.54, 1.807) is 7.11 Å². The Kier molecular flexibility index (Phi) is 4.94. The van der Waals surface area contributed by atoms with Crippen LogP contribution in [-0.2, 0) is 0 Å². The quantitative estimate of drug-likeness (QED) is 0.788. The Labute approximate surface area is 104 Å². The Morgan fingerprint density at radius 1 is 1.40 bits per heavy atom. The van der Waals surface area contributed by atoms with Crippen molar-refractivity contribution in [1.82, 2.24) is 0 Å². The van der Waals surface area contributed by atoms with Gasteiger partial charge in [-0.3, -0.25) is 0 Å². The zero-order valence-corrected chi connectivity index (χ0v) is 11.4. The van der Waals surface area contributed by atoms with Gasteiger partial charge in [-0.15, -0.1) is 0 Å². The van der Waals surface area contributed by atoms with Crippen molar-refractivity contribution in [3.8, 4) is 11.5 Å². The third-order valence-electron chi connectivity index (χ3n) is 1.90. The molecular weight excluding hydrogens is 303 g/mol. The SMILES string of the molecule is CC=Cc1cc(I)c(OCC)c(OC)c1. The fourth-order valence-corrected chi connectivity index (χ4v) is 2.09. The monoisotopic (exact) mass is 318 g/mol. The minimum Gasteiger partial charge on any atom is -0.493 e. The molecule has 15 heavy (non-hydrogen) atoms. The highest BCUT2D eigenvalue weighted by atomic mass is 127. The molecule has 1 rings (SSSR count). The predicted octanol–water partition coefficient (Wildman–Crippen LogP) is 3.73. The van der Waals surface area contributed by atoms with Gasteiger partial charge in [0.15, 0.2) is 11.5 Å². The minimum absolute atomic E-state index is 0.648. The van der Waals surface area contributed by atoms with Gasteiger partial charge < -0.3 is 9.47 Å². The predicted molar refractivity (Wildman–Crippen MR) is 71.6 cm³/mol. The van der Waals surface area contributed by atoms with E-state index in [9.17, 15) is 0 Å². The highest BCUT2D eigenvalue weighted by Gasteiger charge is 2.09. The lowest BCUT2D eigenvalue weighted by Gasteiger charge is -2.12. The van der Waals surface area contributed by atoms with E-state index >= 15 is 0 Å². The van der Waals surface area contributed by atoms with E-state index < -0.39 is 0 Å². The standard InChI is InChI=1S/C12H15IO2/c1-4-6-9-7-10(13)12(15-5-2)11(8-9)14-3/h4,6-8H,5H2,1-3H3. The molecule has 82 valence electrons. The molecule has 0 heterocycles. The summed E-state index contributed by atoms with van der Waals surface area (Å²) in [6, 6.07) is 4.06. The van der Waals surface area contributed by atoms with Gasteiger partial charge in [0.25, 0.3) is 0 Å². The van der Waals surface area contributed by atoms with Gasteiger partial charge in [-0.2, -0.15) is 0 Å². The molecule has 0 fully saturated rings. The molecule has 0 saturated carbocycles. The summed E-state index contributed by atoms with van der Waals surface area (Å²) in [5.74, 6) is 1.62. The summed E-state index contributed by atoms with van der Waals surface area (Å²) in [4.78, 5) is 0. The van der Waals surface area contributed by atoms with Crippen LogP contribution < -0.4 is 9.47 Å². The maximum Gasteiger partial charge on any atom is 0.174 e. The molecule has 0 N–H and O–H groups in total. The number of benzene rings is 1. The zero-order valence-electron chi connectivity index (χ0n) is 9.21. The molecule has 0 unspecified atom stereocenters. The second-order valence-electron chi connectivity index (χ2n) is 2.97. The third kappa shape index (κ3) is 3.12. The molecule has 0 atom stereocenters. The van der Waals surface area contributed by atoms with Crippen molar-refractivity contribution in [3.05, 3.63) is 27.3 Å². The first-order valence-corrected chi connectivity index (χ1v) is 5.93. The summed E-state index contributed by atoms with van der Waals surface area (Å²) in [5, 5.41) is 0. The van der Waals surface area contributed by atoms with Gasteiger partial charge in [0.1, 0.15) is 0 Å². The van der Waals surface area contributed by atoms with Gasteiger partial charge in [0.05, 0.1) is 17.3 Å². The van der Waals surface area contributed by atoms with Crippen molar-refractivity contribution in [2.24, 2.45) is 0 Å². The summed E-state index contributed by atoms with van der Waals surface area (Å²) in [6.45, 7) is 4.61. The lowest BCUT2D eigenvalue weighted by Crippen LogP contribution is -1.98. The van der Waals surface area contributed by atoms with Crippen LogP contribution in [0.4, 0.5) is 0 Å². The van der Waals surface area contributed by atoms with Crippen molar-refractivity contribution in [3.63, 3.8) is 0 Å². The summed E-state index contributed by atoms with van der Waals surface area (Å²) >= 11 is 2.26. The average molecular weight is 318 g/mol. The van der Waals surface area contributed by atoms with E-state index in [-0.39, 0.29) is 0 Å². The van der Waals surface area contributed by atoms with Gasteiger partial charge in [-0.1, -0.05) is 12.2 Å². The van der Waals surface area contributed by atoms with Crippen LogP contribution in [-0.4, -0.2) is 13.7 Å². The Hall–Kier alpha value is -0.710. The molecule has 0 saturated heterocycles. The van der Waals surface area contributed by atoms with Gasteiger partial charge in [0.2, 0.25) is 0 Å². The molecule has 0 aliphatic rings. The first kappa shape index (κ1) is 12.4. The van der Waals surface area contributed by atoms with Crippen molar-refractivity contribution < 1.29 is 9.47 Å². The molecule has 0 amide bonds. The van der Waals surface area contributed by atoms with Gasteiger partial charge in [0, 0.05) is 0 Å². The van der Waals surface area contributed by atoms with Gasteiger partial charge in [-0.25, -0.2) is 0 Å². The maximum atomic E-state index is 5.54. The number of halogens is 1. The van der Waals surface area contributed by atoms with Crippen LogP contribution in [0.3, 0.4) is 0 Å². The van der Waals surface area contributed by atoms with E-state index in [1.165, 1.54) is 0 Å². The smallest absolute Gasteiger partial charge is 0.174 e. The van der Waals surface area contributed by atoms with Crippen molar-refractivity contribution in [1.29, 1.82) is 0 Å². The summed E-state index contributed by atoms with van der Waals surface area (Å²) < 4.78 is 11.9. The Bertz CT molecular complexity index is 359. The Balaban J connectivity index is 3.17. The van der Waals surface area contributed by atoms with Crippen LogP contribution in [0.1, 0.15) is 19.4 Å². The number of hydrogen-bond donors (Lipinski definition) is 0. The van der Waals surface area contributed by atoms with Gasteiger partial charge >= 0.3 is 0 Å². The third-order valence-corrected chi connectivity index (χ3v) is 2.70. The summed E-state index contributed by atoms with van der Waals surface area (Å²) in [6.07, 6.45) is 4.05. The van der Waals surface area contributed by atoms with Crippen LogP contribution in [0, 0.1) is 3.57 Å². The normalized spacial score (nSPS) is 10.7. The van der Waals surface area contributed by atoms with E-state index in [2.05, 4.69) is 28.7 Å². The second-order valence-corrected chi connectivity index (χ2v) is 4.13. The molecular formula is C12H15IO2. The zero-order chi connectivity index (χ0) is 11.3. The fraction of sp³-hybridized carbons (Fsp3) is 0.333. The van der Waals surface area contributed by atoms with Crippen molar-refractivity contribution in [2.45, 2.75) is 13.8 Å². The molecule has 2 nitrogen and oxygen atoms in total. The topological polar surface area (TPSA) is 18.5 Å². The maximum absolute atomic E-state index is 5.54. The number of hydrogen-bond acceptors (Lipinski definition) is 2. The Morgan fingerprint density at radius 3 is 2.67 bits per heavy atom. The number of methoxy groups -OCH3 is 1. The molecule has 0 radical (unpaired) electrons. The fourth-order valence-electron chi connectivity index (χ4n) is 1.31. The number of ether oxygens (including phenoxy) is 2. The second kappa shape index (κ2) is 6.00. The van der Waals surface area contributed by atoms with Crippen molar-refractivity contribution in [2.75, 3.05) is 13.7 Å². The molecule has 1 aromatic rings. The highest BCUT2D eigenvalue weighted by molar-refractivity contribution is 14.1. The summed E-state index contributed by atoms with van der Waals surface area (Å²) in [5.41, 5.74) is 1.13. The average Bonchev–Trinajstić information content (AvgIpc) is 2.22. The van der Waals surface area contributed by atoms with E-state index in [1.807, 2.05) is 32.1 Å². The van der Waals surface area contributed by atoms with Gasteiger partial charge in [-0.05, 0) is 54.1 Å². The molecule has 0 spiro atoms. The molecule has 0 aliphatic carbocycles. The molecule has 1 aromatic carbocycles. The van der Waals surface area contributed by atoms with Crippen LogP contribution in [0.5, 0.6) is 11.5 Å². The molecule has 0 aromatic heterocycles. The van der Waals surface area contributed by atoms with E-state index in [4.69, 9.17) is 9.47 Å². The van der Waals surface area contributed by atoms with E-state index in [0.29, 0.717) is 6.61 Å². The van der Waals surface area contributed by atoms with Crippen LogP contribution in [0.15, 0.2) is 18.2 Å². The van der Waals surface area contributed by atoms with Crippen LogP contribution in [0.2, 0.25) is 0 Å². The number of rotatable bonds is 4. The highest BCUT2D eigenvalue weighted by Crippen LogP contribution is 2.34. The van der Waals surface area contributed by atoms with E-state index in [0.717, 1.165) is 20.6 Å². The van der Waals surface area contributed by atoms with Crippen LogP contribution in [0.25, 0.3) is 6.08 Å². The molecule has 0 bridgehead atoms. The summed E-state index contributed by atoms with van der Waals surface area (Å²) in [7, 11) is 1.66. The van der Waals surface area contributed by atoms with Crippen molar-refractivity contribution >= 4 is 28.7 Å². The minimum atomic E-state index is 0.648. The lowest BCUT2D eigenvalue weighted by molar-refractivity contribution is 0.308. The molecule has 0 aliphatic heterocycles. The van der Waals surface area contributed by atoms with Crippen LogP contribution >= 0.6 is 22.6 Å². The molecule has 3 heteroatoms.